The van der Waals surface area contributed by atoms with E-state index < -0.39 is 14.6 Å². The summed E-state index contributed by atoms with van der Waals surface area (Å²) >= 11 is 0. The van der Waals surface area contributed by atoms with Crippen molar-refractivity contribution in [2.24, 2.45) is 11.7 Å². The first-order chi connectivity index (χ1) is 6.27. The average molecular weight is 221 g/mol. The predicted octanol–water partition coefficient (Wildman–Crippen LogP) is 0.173. The zero-order valence-corrected chi connectivity index (χ0v) is 9.80. The van der Waals surface area contributed by atoms with Gasteiger partial charge in [-0.1, -0.05) is 0 Å². The second-order valence-corrected chi connectivity index (χ2v) is 7.12. The highest BCUT2D eigenvalue weighted by Gasteiger charge is 2.41. The van der Waals surface area contributed by atoms with Gasteiger partial charge >= 0.3 is 0 Å². The Bertz CT molecular complexity index is 291. The van der Waals surface area contributed by atoms with Crippen molar-refractivity contribution in [2.45, 2.75) is 31.1 Å². The fraction of sp³-hybridized carbons (Fsp3) is 1.00. The summed E-state index contributed by atoms with van der Waals surface area (Å²) in [6.07, 6.45) is 2.10. The third-order valence-electron chi connectivity index (χ3n) is 3.23. The third-order valence-corrected chi connectivity index (χ3v) is 5.41. The molecule has 0 radical (unpaired) electrons. The molecule has 0 aliphatic carbocycles. The molecule has 1 rings (SSSR count). The van der Waals surface area contributed by atoms with Crippen molar-refractivity contribution in [2.75, 3.05) is 19.5 Å². The van der Waals surface area contributed by atoms with E-state index in [1.807, 2.05) is 0 Å². The number of sulfone groups is 1. The highest BCUT2D eigenvalue weighted by molar-refractivity contribution is 7.92. The first-order valence-electron chi connectivity index (χ1n) is 4.79. The van der Waals surface area contributed by atoms with Gasteiger partial charge in [-0.2, -0.15) is 0 Å². The maximum absolute atomic E-state index is 11.5. The Labute approximate surface area is 85.7 Å². The minimum atomic E-state index is -3.12. The standard InChI is InChI=1S/C9H19NO3S/c1-9(2,14(3,11)12)8(10)7-4-5-13-6-7/h7-8H,4-6,10H2,1-3H3. The lowest BCUT2D eigenvalue weighted by molar-refractivity contribution is 0.177. The second kappa shape index (κ2) is 3.79. The van der Waals surface area contributed by atoms with E-state index in [1.165, 1.54) is 6.26 Å². The predicted molar refractivity (Wildman–Crippen MR) is 55.8 cm³/mol. The first kappa shape index (κ1) is 11.9. The molecule has 1 heterocycles. The Kier molecular flexibility index (Phi) is 3.23. The highest BCUT2D eigenvalue weighted by atomic mass is 32.2. The quantitative estimate of drug-likeness (QED) is 0.737. The van der Waals surface area contributed by atoms with Crippen LogP contribution >= 0.6 is 0 Å². The molecule has 14 heavy (non-hydrogen) atoms. The van der Waals surface area contributed by atoms with Crippen molar-refractivity contribution in [3.63, 3.8) is 0 Å². The first-order valence-corrected chi connectivity index (χ1v) is 6.69. The van der Waals surface area contributed by atoms with Gasteiger partial charge in [-0.15, -0.1) is 0 Å². The molecule has 1 aliphatic rings. The molecule has 4 nitrogen and oxygen atoms in total. The largest absolute Gasteiger partial charge is 0.381 e. The van der Waals surface area contributed by atoms with Gasteiger partial charge in [-0.3, -0.25) is 0 Å². The Balaban J connectivity index is 2.81. The molecule has 2 N–H and O–H groups in total. The van der Waals surface area contributed by atoms with Crippen LogP contribution in [0.15, 0.2) is 0 Å². The smallest absolute Gasteiger partial charge is 0.154 e. The zero-order chi connectivity index (χ0) is 11.0. The summed E-state index contributed by atoms with van der Waals surface area (Å²) in [7, 11) is -3.12. The molecule has 0 aromatic rings. The van der Waals surface area contributed by atoms with E-state index in [2.05, 4.69) is 0 Å². The van der Waals surface area contributed by atoms with E-state index in [0.29, 0.717) is 13.2 Å². The van der Waals surface area contributed by atoms with Crippen molar-refractivity contribution in [1.29, 1.82) is 0 Å². The van der Waals surface area contributed by atoms with Gasteiger partial charge in [-0.05, 0) is 20.3 Å². The van der Waals surface area contributed by atoms with Crippen LogP contribution in [0, 0.1) is 5.92 Å². The molecule has 0 aromatic carbocycles. The SMILES string of the molecule is CC(C)(C(N)C1CCOC1)S(C)(=O)=O. The molecule has 5 heteroatoms. The van der Waals surface area contributed by atoms with Crippen molar-refractivity contribution in [3.8, 4) is 0 Å². The van der Waals surface area contributed by atoms with E-state index in [-0.39, 0.29) is 12.0 Å². The van der Waals surface area contributed by atoms with Gasteiger partial charge < -0.3 is 10.5 Å². The van der Waals surface area contributed by atoms with Crippen molar-refractivity contribution in [3.05, 3.63) is 0 Å². The summed E-state index contributed by atoms with van der Waals surface area (Å²) in [4.78, 5) is 0. The molecule has 0 aromatic heterocycles. The second-order valence-electron chi connectivity index (χ2n) is 4.53. The summed E-state index contributed by atoms with van der Waals surface area (Å²) in [5.41, 5.74) is 5.98. The van der Waals surface area contributed by atoms with Gasteiger partial charge in [0.2, 0.25) is 0 Å². The van der Waals surface area contributed by atoms with E-state index in [9.17, 15) is 8.42 Å². The fourth-order valence-electron chi connectivity index (χ4n) is 1.65. The molecular weight excluding hydrogens is 202 g/mol. The molecule has 2 atom stereocenters. The lowest BCUT2D eigenvalue weighted by Crippen LogP contribution is -2.53. The minimum Gasteiger partial charge on any atom is -0.381 e. The normalized spacial score (nSPS) is 26.4. The van der Waals surface area contributed by atoms with Crippen LogP contribution in [0.1, 0.15) is 20.3 Å². The summed E-state index contributed by atoms with van der Waals surface area (Å²) in [6.45, 7) is 4.65. The molecule has 1 aliphatic heterocycles. The average Bonchev–Trinajstić information content (AvgIpc) is 2.52. The minimum absolute atomic E-state index is 0.166. The Morgan fingerprint density at radius 3 is 2.43 bits per heavy atom. The summed E-state index contributed by atoms with van der Waals surface area (Å²) in [6, 6.07) is -0.347. The lowest BCUT2D eigenvalue weighted by atomic mass is 9.90. The van der Waals surface area contributed by atoms with Crippen LogP contribution in [-0.2, 0) is 14.6 Å². The van der Waals surface area contributed by atoms with Gasteiger partial charge in [0.15, 0.2) is 9.84 Å². The number of hydrogen-bond acceptors (Lipinski definition) is 4. The van der Waals surface area contributed by atoms with E-state index in [4.69, 9.17) is 10.5 Å². The van der Waals surface area contributed by atoms with Crippen LogP contribution in [0.2, 0.25) is 0 Å². The van der Waals surface area contributed by atoms with Gasteiger partial charge in [0.1, 0.15) is 0 Å². The van der Waals surface area contributed by atoms with Crippen LogP contribution in [0.3, 0.4) is 0 Å². The molecular formula is C9H19NO3S. The van der Waals surface area contributed by atoms with Crippen LogP contribution < -0.4 is 5.73 Å². The maximum atomic E-state index is 11.5. The Morgan fingerprint density at radius 2 is 2.07 bits per heavy atom. The van der Waals surface area contributed by atoms with Crippen LogP contribution in [0.25, 0.3) is 0 Å². The molecule has 1 fully saturated rings. The van der Waals surface area contributed by atoms with Crippen LogP contribution in [0.4, 0.5) is 0 Å². The topological polar surface area (TPSA) is 69.4 Å². The Hall–Kier alpha value is -0.130. The van der Waals surface area contributed by atoms with Crippen molar-refractivity contribution in [1.82, 2.24) is 0 Å². The molecule has 0 bridgehead atoms. The van der Waals surface area contributed by atoms with Crippen molar-refractivity contribution >= 4 is 9.84 Å². The number of ether oxygens (including phenoxy) is 1. The zero-order valence-electron chi connectivity index (χ0n) is 8.99. The van der Waals surface area contributed by atoms with E-state index in [0.717, 1.165) is 6.42 Å². The number of rotatable bonds is 3. The van der Waals surface area contributed by atoms with E-state index >= 15 is 0 Å². The molecule has 2 unspecified atom stereocenters. The number of hydrogen-bond donors (Lipinski definition) is 1. The summed E-state index contributed by atoms with van der Waals surface area (Å²) in [5, 5.41) is 0. The highest BCUT2D eigenvalue weighted by Crippen LogP contribution is 2.28. The van der Waals surface area contributed by atoms with Gasteiger partial charge in [0, 0.05) is 24.8 Å². The van der Waals surface area contributed by atoms with Crippen LogP contribution in [0.5, 0.6) is 0 Å². The maximum Gasteiger partial charge on any atom is 0.154 e. The number of nitrogens with two attached hydrogens (primary N) is 1. The Morgan fingerprint density at radius 1 is 1.50 bits per heavy atom. The monoisotopic (exact) mass is 221 g/mol. The molecule has 0 amide bonds. The molecule has 0 saturated carbocycles. The fourth-order valence-corrected chi connectivity index (χ4v) is 2.34. The van der Waals surface area contributed by atoms with Gasteiger partial charge in [-0.25, -0.2) is 8.42 Å². The summed E-state index contributed by atoms with van der Waals surface area (Å²) in [5.74, 6) is 0.166. The molecule has 84 valence electrons. The molecule has 0 spiro atoms. The van der Waals surface area contributed by atoms with Gasteiger partial charge in [0.05, 0.1) is 11.4 Å². The third kappa shape index (κ3) is 2.10. The van der Waals surface area contributed by atoms with Gasteiger partial charge in [0.25, 0.3) is 0 Å². The summed E-state index contributed by atoms with van der Waals surface area (Å²) < 4.78 is 27.4. The van der Waals surface area contributed by atoms with Crippen molar-refractivity contribution < 1.29 is 13.2 Å². The molecule has 1 saturated heterocycles. The van der Waals surface area contributed by atoms with Crippen LogP contribution in [-0.4, -0.2) is 38.7 Å². The lowest BCUT2D eigenvalue weighted by Gasteiger charge is -2.33. The van der Waals surface area contributed by atoms with E-state index in [1.54, 1.807) is 13.8 Å².